The molecule has 7 atom stereocenters. The molecule has 0 radical (unpaired) electrons. The zero-order valence-electron chi connectivity index (χ0n) is 23.1. The number of thioether (sulfide) groups is 1. The van der Waals surface area contributed by atoms with Crippen molar-refractivity contribution in [3.8, 4) is 0 Å². The molecule has 4 aromatic rings. The first-order valence-electron chi connectivity index (χ1n) is 14.4. The van der Waals surface area contributed by atoms with Crippen molar-refractivity contribution >= 4 is 75.4 Å². The zero-order valence-corrected chi connectivity index (χ0v) is 26.2. The van der Waals surface area contributed by atoms with Crippen LogP contribution in [0.25, 0.3) is 0 Å². The van der Waals surface area contributed by atoms with E-state index in [2.05, 4.69) is 5.32 Å². The second kappa shape index (κ2) is 10.6. The molecule has 3 fully saturated rings. The van der Waals surface area contributed by atoms with Crippen molar-refractivity contribution in [2.45, 2.75) is 29.2 Å². The van der Waals surface area contributed by atoms with Gasteiger partial charge in [-0.15, -0.1) is 11.8 Å². The van der Waals surface area contributed by atoms with E-state index in [1.165, 1.54) is 16.2 Å². The monoisotopic (exact) mass is 661 g/mol. The van der Waals surface area contributed by atoms with Gasteiger partial charge in [-0.2, -0.15) is 0 Å². The average Bonchev–Trinajstić information content (AvgIpc) is 3.74. The number of hydrogen-bond donors (Lipinski definition) is 1. The van der Waals surface area contributed by atoms with E-state index in [1.54, 1.807) is 40.6 Å². The van der Waals surface area contributed by atoms with Gasteiger partial charge < -0.3 is 5.32 Å². The summed E-state index contributed by atoms with van der Waals surface area (Å²) in [6.07, 6.45) is 0.790. The van der Waals surface area contributed by atoms with Crippen LogP contribution in [0, 0.1) is 29.6 Å². The number of thiazole rings is 1. The number of carbonyl (C=O) groups is 3. The summed E-state index contributed by atoms with van der Waals surface area (Å²) in [5.41, 5.74) is 2.22. The van der Waals surface area contributed by atoms with Gasteiger partial charge in [-0.25, -0.2) is 0 Å². The summed E-state index contributed by atoms with van der Waals surface area (Å²) in [4.78, 5) is 56.5. The Kier molecular flexibility index (Phi) is 6.79. The smallest absolute Gasteiger partial charge is 0.308 e. The van der Waals surface area contributed by atoms with Crippen LogP contribution in [-0.2, 0) is 20.9 Å². The molecule has 3 aromatic carbocycles. The maximum absolute atomic E-state index is 13.9. The van der Waals surface area contributed by atoms with Gasteiger partial charge in [0.05, 0.1) is 22.5 Å². The standard InChI is InChI=1S/C33H25Cl2N3O4S2/c34-17-8-6-16(7-9-17)24-25-21-14-22(27-26(21)30(40)38(31(27)41)20-4-2-1-3-5-20)28(25)43-32-29(24)44-33(42)37(32)15-23(39)36-19-12-10-18(35)11-13-19/h1-13,21-22,24-28H,14-15H2,(H,36,39). The van der Waals surface area contributed by atoms with Crippen LogP contribution < -0.4 is 15.1 Å². The number of halogens is 2. The molecule has 3 heterocycles. The number of hydrogen-bond acceptors (Lipinski definition) is 6. The van der Waals surface area contributed by atoms with Gasteiger partial charge in [-0.05, 0) is 78.3 Å². The highest BCUT2D eigenvalue weighted by Crippen LogP contribution is 2.69. The summed E-state index contributed by atoms with van der Waals surface area (Å²) in [7, 11) is 0. The molecule has 2 aliphatic carbocycles. The molecular weight excluding hydrogens is 637 g/mol. The second-order valence-electron chi connectivity index (χ2n) is 11.8. The van der Waals surface area contributed by atoms with Crippen molar-refractivity contribution in [2.75, 3.05) is 10.2 Å². The van der Waals surface area contributed by atoms with Gasteiger partial charge in [0.25, 0.3) is 0 Å². The molecule has 11 heteroatoms. The molecule has 44 heavy (non-hydrogen) atoms. The van der Waals surface area contributed by atoms with Gasteiger partial charge in [0.1, 0.15) is 6.54 Å². The lowest BCUT2D eigenvalue weighted by molar-refractivity contribution is -0.123. The van der Waals surface area contributed by atoms with Crippen LogP contribution in [0.3, 0.4) is 0 Å². The van der Waals surface area contributed by atoms with Crippen molar-refractivity contribution in [3.05, 3.63) is 109 Å². The predicted molar refractivity (Wildman–Crippen MR) is 173 cm³/mol. The molecule has 1 saturated heterocycles. The molecule has 8 rings (SSSR count). The summed E-state index contributed by atoms with van der Waals surface area (Å²) in [5, 5.41) is 4.82. The van der Waals surface area contributed by atoms with E-state index >= 15 is 0 Å². The fourth-order valence-electron chi connectivity index (χ4n) is 8.01. The molecule has 0 spiro atoms. The minimum absolute atomic E-state index is 0.000320. The molecule has 222 valence electrons. The van der Waals surface area contributed by atoms with Crippen LogP contribution in [0.2, 0.25) is 10.0 Å². The Morgan fingerprint density at radius 2 is 1.48 bits per heavy atom. The molecule has 1 aromatic heterocycles. The first-order chi connectivity index (χ1) is 21.3. The quantitative estimate of drug-likeness (QED) is 0.246. The van der Waals surface area contributed by atoms with Crippen molar-refractivity contribution in [1.82, 2.24) is 4.57 Å². The van der Waals surface area contributed by atoms with Gasteiger partial charge in [-0.3, -0.25) is 28.6 Å². The van der Waals surface area contributed by atoms with Crippen molar-refractivity contribution in [1.29, 1.82) is 0 Å². The lowest BCUT2D eigenvalue weighted by Crippen LogP contribution is -2.43. The first kappa shape index (κ1) is 28.1. The van der Waals surface area contributed by atoms with Crippen LogP contribution >= 0.6 is 46.3 Å². The number of benzene rings is 3. The number of aromatic nitrogens is 1. The van der Waals surface area contributed by atoms with E-state index in [-0.39, 0.29) is 69.9 Å². The number of para-hydroxylation sites is 1. The molecule has 3 amide bonds. The predicted octanol–water partition coefficient (Wildman–Crippen LogP) is 6.53. The van der Waals surface area contributed by atoms with E-state index in [9.17, 15) is 19.2 Å². The largest absolute Gasteiger partial charge is 0.325 e. The molecule has 7 unspecified atom stereocenters. The van der Waals surface area contributed by atoms with Crippen LogP contribution in [0.15, 0.2) is 88.7 Å². The molecule has 2 saturated carbocycles. The molecule has 1 N–H and O–H groups in total. The summed E-state index contributed by atoms with van der Waals surface area (Å²) in [6, 6.07) is 23.7. The lowest BCUT2D eigenvalue weighted by atomic mass is 9.68. The SMILES string of the molecule is O=C(Cn1c2c(sc1=O)C(c1ccc(Cl)cc1)C1C3CC(C1S2)C1C(=O)N(c2ccccc2)C(=O)C31)Nc1ccc(Cl)cc1. The van der Waals surface area contributed by atoms with E-state index in [4.69, 9.17) is 23.2 Å². The van der Waals surface area contributed by atoms with Crippen molar-refractivity contribution in [2.24, 2.45) is 29.6 Å². The fourth-order valence-corrected chi connectivity index (χ4v) is 11.4. The number of carbonyl (C=O) groups excluding carboxylic acids is 3. The maximum Gasteiger partial charge on any atom is 0.308 e. The molecule has 7 nitrogen and oxygen atoms in total. The first-order valence-corrected chi connectivity index (χ1v) is 16.9. The minimum atomic E-state index is -0.388. The van der Waals surface area contributed by atoms with Gasteiger partial charge in [0.2, 0.25) is 17.7 Å². The van der Waals surface area contributed by atoms with E-state index < -0.39 is 0 Å². The number of amides is 3. The Labute approximate surface area is 271 Å². The van der Waals surface area contributed by atoms with Gasteiger partial charge in [0.15, 0.2) is 0 Å². The Morgan fingerprint density at radius 3 is 2.16 bits per heavy atom. The van der Waals surface area contributed by atoms with Gasteiger partial charge in [0, 0.05) is 31.8 Å². The number of rotatable bonds is 5. The molecular formula is C33H25Cl2N3O4S2. The summed E-state index contributed by atoms with van der Waals surface area (Å²) in [5.74, 6) is -1.44. The molecule has 2 bridgehead atoms. The van der Waals surface area contributed by atoms with Gasteiger partial charge >= 0.3 is 4.87 Å². The van der Waals surface area contributed by atoms with Crippen LogP contribution in [0.5, 0.6) is 0 Å². The third-order valence-corrected chi connectivity index (χ3v) is 12.9. The second-order valence-corrected chi connectivity index (χ2v) is 14.9. The zero-order chi connectivity index (χ0) is 30.3. The minimum Gasteiger partial charge on any atom is -0.325 e. The normalized spacial score (nSPS) is 28.1. The highest BCUT2D eigenvalue weighted by atomic mass is 35.5. The van der Waals surface area contributed by atoms with E-state index in [0.29, 0.717) is 21.4 Å². The maximum atomic E-state index is 13.9. The molecule has 2 aliphatic heterocycles. The Morgan fingerprint density at radius 1 is 0.841 bits per heavy atom. The topological polar surface area (TPSA) is 88.5 Å². The molecule has 4 aliphatic rings. The Balaban J connectivity index is 1.18. The Hall–Kier alpha value is -3.37. The third-order valence-electron chi connectivity index (χ3n) is 9.62. The Bertz CT molecular complexity index is 1880. The summed E-state index contributed by atoms with van der Waals surface area (Å²) >= 11 is 15.0. The third kappa shape index (κ3) is 4.31. The van der Waals surface area contributed by atoms with E-state index in [1.807, 2.05) is 54.6 Å². The lowest BCUT2D eigenvalue weighted by Gasteiger charge is -2.43. The van der Waals surface area contributed by atoms with Gasteiger partial charge in [-0.1, -0.05) is 64.9 Å². The van der Waals surface area contributed by atoms with Crippen LogP contribution in [-0.4, -0.2) is 27.5 Å². The number of anilines is 2. The van der Waals surface area contributed by atoms with E-state index in [0.717, 1.165) is 21.9 Å². The van der Waals surface area contributed by atoms with Crippen molar-refractivity contribution in [3.63, 3.8) is 0 Å². The van der Waals surface area contributed by atoms with Crippen molar-refractivity contribution < 1.29 is 14.4 Å². The highest BCUT2D eigenvalue weighted by Gasteiger charge is 2.69. The number of nitrogens with zero attached hydrogens (tertiary/aromatic N) is 2. The average molecular weight is 663 g/mol. The highest BCUT2D eigenvalue weighted by molar-refractivity contribution is 8.00. The number of fused-ring (bicyclic) bond motifs is 9. The van der Waals surface area contributed by atoms with Crippen LogP contribution in [0.4, 0.5) is 11.4 Å². The fraction of sp³-hybridized carbons (Fsp3) is 0.273. The number of nitrogens with one attached hydrogen (secondary N) is 1. The summed E-state index contributed by atoms with van der Waals surface area (Å²) < 4.78 is 1.57. The summed E-state index contributed by atoms with van der Waals surface area (Å²) in [6.45, 7) is -0.135. The number of imide groups is 1. The van der Waals surface area contributed by atoms with Crippen LogP contribution in [0.1, 0.15) is 22.8 Å².